The molecule has 3 aliphatic heterocycles. The summed E-state index contributed by atoms with van der Waals surface area (Å²) in [6.07, 6.45) is -16.1. The Labute approximate surface area is 235 Å². The van der Waals surface area contributed by atoms with Gasteiger partial charge >= 0.3 is 0 Å². The molecule has 3 heterocycles. The number of hydrogen-bond donors (Lipinski definition) is 11. The van der Waals surface area contributed by atoms with Crippen molar-refractivity contribution in [2.45, 2.75) is 97.8 Å². The van der Waals surface area contributed by atoms with E-state index in [1.54, 1.807) is 30.3 Å². The molecule has 0 amide bonds. The van der Waals surface area contributed by atoms with Gasteiger partial charge in [-0.1, -0.05) is 30.3 Å². The van der Waals surface area contributed by atoms with Crippen LogP contribution in [0.15, 0.2) is 30.3 Å². The monoisotopic (exact) mass is 591 g/mol. The Morgan fingerprint density at radius 3 is 1.83 bits per heavy atom. The molecule has 2 unspecified atom stereocenters. The van der Waals surface area contributed by atoms with Crippen molar-refractivity contribution in [3.05, 3.63) is 35.9 Å². The first-order valence-electron chi connectivity index (χ1n) is 13.3. The summed E-state index contributed by atoms with van der Waals surface area (Å²) in [5.41, 5.74) is 17.0. The molecule has 0 bridgehead atoms. The smallest absolute Gasteiger partial charge is 0.176 e. The lowest BCUT2D eigenvalue weighted by Gasteiger charge is -2.51. The molecule has 0 saturated carbocycles. The third-order valence-corrected chi connectivity index (χ3v) is 7.94. The van der Waals surface area contributed by atoms with E-state index < -0.39 is 111 Å². The summed E-state index contributed by atoms with van der Waals surface area (Å²) in [5.74, 6) is 0. The summed E-state index contributed by atoms with van der Waals surface area (Å²) in [4.78, 5) is 0. The molecule has 16 heteroatoms. The van der Waals surface area contributed by atoms with Gasteiger partial charge in [-0.2, -0.15) is 0 Å². The normalized spacial score (nSPS) is 47.3. The second-order valence-electron chi connectivity index (χ2n) is 10.7. The van der Waals surface area contributed by atoms with Crippen LogP contribution in [0.4, 0.5) is 0 Å². The van der Waals surface area contributed by atoms with Gasteiger partial charge < -0.3 is 81.7 Å². The molecule has 3 fully saturated rings. The van der Waals surface area contributed by atoms with Gasteiger partial charge in [-0.3, -0.25) is 0 Å². The van der Waals surface area contributed by atoms with Gasteiger partial charge in [-0.05, 0) is 5.56 Å². The highest BCUT2D eigenvalue weighted by Gasteiger charge is 2.56. The molecule has 0 aromatic heterocycles. The second-order valence-corrected chi connectivity index (χ2v) is 10.7. The molecule has 3 saturated heterocycles. The zero-order valence-corrected chi connectivity index (χ0v) is 22.1. The molecule has 14 N–H and O–H groups in total. The Bertz CT molecular complexity index is 964. The van der Waals surface area contributed by atoms with Crippen molar-refractivity contribution in [1.29, 1.82) is 0 Å². The van der Waals surface area contributed by atoms with Crippen LogP contribution in [-0.2, 0) is 30.1 Å². The molecule has 4 rings (SSSR count). The molecule has 41 heavy (non-hydrogen) atoms. The maximum Gasteiger partial charge on any atom is 0.176 e. The standard InChI is InChI=1S/C25H41N3O13/c26-13-16(32)19(11(7-29)37-22(13)36)39-23-14(27)17(33)20(12(8-30)38-23)40-24-15(28)18(34)21(35)25(9-31,41-24)6-10-4-2-1-3-5-10/h1-5,11-24,29-36H,6-9,26-28H2/t11-,12-,13-,14-,15-,16-,17-,18-,19?,20?,21+,22-,23+,24+,25-/m1/s1. The Morgan fingerprint density at radius 2 is 1.24 bits per heavy atom. The van der Waals surface area contributed by atoms with Gasteiger partial charge in [0, 0.05) is 6.42 Å². The van der Waals surface area contributed by atoms with Gasteiger partial charge in [0.2, 0.25) is 0 Å². The molecule has 0 aliphatic carbocycles. The molecule has 1 aromatic rings. The van der Waals surface area contributed by atoms with E-state index in [9.17, 15) is 40.9 Å². The average molecular weight is 592 g/mol. The molecule has 16 nitrogen and oxygen atoms in total. The zero-order chi connectivity index (χ0) is 30.1. The maximum absolute atomic E-state index is 11.1. The number of nitrogens with two attached hydrogens (primary N) is 3. The van der Waals surface area contributed by atoms with E-state index in [-0.39, 0.29) is 6.42 Å². The summed E-state index contributed by atoms with van der Waals surface area (Å²) in [5, 5.41) is 83.0. The zero-order valence-electron chi connectivity index (χ0n) is 22.1. The SMILES string of the molecule is N[C@H]1[C@@H](OC2[C@@H](CO)O[C@@H](OC3[C@@H](CO)O[C@@H](O)[C@H](N)[C@H]3O)[C@H](N)[C@H]2O)O[C@@](CO)(Cc2ccccc2)[C@@H](O)[C@@H]1O. The van der Waals surface area contributed by atoms with Crippen LogP contribution in [0.2, 0.25) is 0 Å². The Hall–Kier alpha value is -1.42. The Balaban J connectivity index is 1.51. The molecule has 3 aliphatic rings. The summed E-state index contributed by atoms with van der Waals surface area (Å²) >= 11 is 0. The fourth-order valence-corrected chi connectivity index (χ4v) is 5.41. The van der Waals surface area contributed by atoms with Gasteiger partial charge in [-0.25, -0.2) is 0 Å². The van der Waals surface area contributed by atoms with Crippen molar-refractivity contribution >= 4 is 0 Å². The van der Waals surface area contributed by atoms with Crippen LogP contribution in [0.1, 0.15) is 5.56 Å². The van der Waals surface area contributed by atoms with Crippen molar-refractivity contribution in [1.82, 2.24) is 0 Å². The van der Waals surface area contributed by atoms with Crippen molar-refractivity contribution in [3.63, 3.8) is 0 Å². The molecule has 234 valence electrons. The summed E-state index contributed by atoms with van der Waals surface area (Å²) < 4.78 is 28.5. The highest BCUT2D eigenvalue weighted by molar-refractivity contribution is 5.19. The van der Waals surface area contributed by atoms with Crippen LogP contribution in [0.3, 0.4) is 0 Å². The maximum atomic E-state index is 11.1. The highest BCUT2D eigenvalue weighted by atomic mass is 16.7. The third kappa shape index (κ3) is 6.43. The lowest BCUT2D eigenvalue weighted by atomic mass is 9.82. The largest absolute Gasteiger partial charge is 0.394 e. The summed E-state index contributed by atoms with van der Waals surface area (Å²) in [6.45, 7) is -2.10. The quantitative estimate of drug-likeness (QED) is 0.127. The van der Waals surface area contributed by atoms with E-state index in [4.69, 9.17) is 40.9 Å². The van der Waals surface area contributed by atoms with Crippen LogP contribution in [0, 0.1) is 0 Å². The second kappa shape index (κ2) is 13.5. The lowest BCUT2D eigenvalue weighted by Crippen LogP contribution is -2.71. The molecule has 15 atom stereocenters. The predicted molar refractivity (Wildman–Crippen MR) is 136 cm³/mol. The number of benzene rings is 1. The van der Waals surface area contributed by atoms with Gasteiger partial charge in [0.1, 0.15) is 54.4 Å². The minimum absolute atomic E-state index is 0.0215. The van der Waals surface area contributed by atoms with E-state index in [1.165, 1.54) is 0 Å². The number of rotatable bonds is 9. The van der Waals surface area contributed by atoms with Crippen LogP contribution < -0.4 is 17.2 Å². The van der Waals surface area contributed by atoms with Crippen LogP contribution in [-0.4, -0.2) is 152 Å². The third-order valence-electron chi connectivity index (χ3n) is 7.94. The minimum Gasteiger partial charge on any atom is -0.394 e. The molecular formula is C25H41N3O13. The summed E-state index contributed by atoms with van der Waals surface area (Å²) in [7, 11) is 0. The summed E-state index contributed by atoms with van der Waals surface area (Å²) in [6, 6.07) is 4.79. The van der Waals surface area contributed by atoms with Gasteiger partial charge in [0.15, 0.2) is 18.9 Å². The van der Waals surface area contributed by atoms with E-state index in [2.05, 4.69) is 0 Å². The lowest BCUT2D eigenvalue weighted by molar-refractivity contribution is -0.360. The van der Waals surface area contributed by atoms with E-state index in [0.29, 0.717) is 5.56 Å². The first-order valence-corrected chi connectivity index (χ1v) is 13.3. The highest BCUT2D eigenvalue weighted by Crippen LogP contribution is 2.35. The Kier molecular flexibility index (Phi) is 10.7. The molecule has 1 aromatic carbocycles. The molecular weight excluding hydrogens is 550 g/mol. The van der Waals surface area contributed by atoms with E-state index in [1.807, 2.05) is 0 Å². The molecule has 0 radical (unpaired) electrons. The van der Waals surface area contributed by atoms with Crippen molar-refractivity contribution in [3.8, 4) is 0 Å². The fourth-order valence-electron chi connectivity index (χ4n) is 5.41. The van der Waals surface area contributed by atoms with Crippen molar-refractivity contribution in [2.75, 3.05) is 19.8 Å². The first-order chi connectivity index (χ1) is 19.5. The van der Waals surface area contributed by atoms with Gasteiger partial charge in [0.05, 0.1) is 37.9 Å². The number of ether oxygens (including phenoxy) is 5. The van der Waals surface area contributed by atoms with Crippen molar-refractivity contribution < 1.29 is 64.5 Å². The van der Waals surface area contributed by atoms with Crippen LogP contribution >= 0.6 is 0 Å². The van der Waals surface area contributed by atoms with Crippen LogP contribution in [0.5, 0.6) is 0 Å². The van der Waals surface area contributed by atoms with Gasteiger partial charge in [0.25, 0.3) is 0 Å². The molecule has 0 spiro atoms. The van der Waals surface area contributed by atoms with Crippen molar-refractivity contribution in [2.24, 2.45) is 17.2 Å². The van der Waals surface area contributed by atoms with Gasteiger partial charge in [-0.15, -0.1) is 0 Å². The van der Waals surface area contributed by atoms with E-state index in [0.717, 1.165) is 0 Å². The predicted octanol–water partition coefficient (Wildman–Crippen LogP) is -6.06. The number of hydrogen-bond acceptors (Lipinski definition) is 16. The number of aliphatic hydroxyl groups excluding tert-OH is 8. The topological polar surface area (TPSA) is 286 Å². The fraction of sp³-hybridized carbons (Fsp3) is 0.760. The van der Waals surface area contributed by atoms with Crippen LogP contribution in [0.25, 0.3) is 0 Å². The minimum atomic E-state index is -1.73. The first kappa shape index (κ1) is 32.5. The van der Waals surface area contributed by atoms with E-state index >= 15 is 0 Å². The average Bonchev–Trinajstić information content (AvgIpc) is 2.98. The Morgan fingerprint density at radius 1 is 0.707 bits per heavy atom. The number of aliphatic hydroxyl groups is 8.